The van der Waals surface area contributed by atoms with Crippen LogP contribution >= 0.6 is 0 Å². The molecular formula is C16H28NO2+. The Morgan fingerprint density at radius 1 is 1.11 bits per heavy atom. The molecule has 0 aliphatic carbocycles. The van der Waals surface area contributed by atoms with Gasteiger partial charge in [0.15, 0.2) is 0 Å². The predicted octanol–water partition coefficient (Wildman–Crippen LogP) is 1.91. The molecule has 0 aliphatic heterocycles. The first kappa shape index (κ1) is 16.0. The Balaban J connectivity index is 2.16. The fourth-order valence-corrected chi connectivity index (χ4v) is 2.07. The first-order valence-electron chi connectivity index (χ1n) is 7.40. The van der Waals surface area contributed by atoms with Gasteiger partial charge in [-0.05, 0) is 36.8 Å². The summed E-state index contributed by atoms with van der Waals surface area (Å²) in [7, 11) is 0. The molecule has 1 rings (SSSR count). The second kappa shape index (κ2) is 9.82. The van der Waals surface area contributed by atoms with Crippen molar-refractivity contribution in [1.82, 2.24) is 0 Å². The van der Waals surface area contributed by atoms with Gasteiger partial charge in [-0.1, -0.05) is 32.0 Å². The molecule has 0 aromatic heterocycles. The highest BCUT2D eigenvalue weighted by Crippen LogP contribution is 2.25. The Hall–Kier alpha value is -1.06. The minimum atomic E-state index is 0.273. The van der Waals surface area contributed by atoms with E-state index in [1.807, 2.05) is 6.07 Å². The molecule has 0 spiro atoms. The average molecular weight is 266 g/mol. The van der Waals surface area contributed by atoms with Crippen molar-refractivity contribution in [2.24, 2.45) is 0 Å². The molecule has 1 aromatic carbocycles. The van der Waals surface area contributed by atoms with Gasteiger partial charge in [0.25, 0.3) is 0 Å². The third kappa shape index (κ3) is 6.60. The molecule has 0 saturated heterocycles. The number of aliphatic hydroxyl groups is 1. The van der Waals surface area contributed by atoms with Gasteiger partial charge in [0, 0.05) is 0 Å². The van der Waals surface area contributed by atoms with Gasteiger partial charge in [-0.3, -0.25) is 0 Å². The summed E-state index contributed by atoms with van der Waals surface area (Å²) < 4.78 is 5.88. The molecule has 3 N–H and O–H groups in total. The fraction of sp³-hybridized carbons (Fsp3) is 0.625. The minimum absolute atomic E-state index is 0.273. The molecule has 19 heavy (non-hydrogen) atoms. The minimum Gasteiger partial charge on any atom is -0.493 e. The first-order chi connectivity index (χ1) is 9.25. The molecule has 108 valence electrons. The smallest absolute Gasteiger partial charge is 0.122 e. The molecule has 0 amide bonds. The Morgan fingerprint density at radius 2 is 1.89 bits per heavy atom. The second-order valence-corrected chi connectivity index (χ2v) is 5.19. The predicted molar refractivity (Wildman–Crippen MR) is 78.6 cm³/mol. The van der Waals surface area contributed by atoms with Crippen LogP contribution in [0.4, 0.5) is 0 Å². The van der Waals surface area contributed by atoms with Gasteiger partial charge >= 0.3 is 0 Å². The number of nitrogens with two attached hydrogens (primary N) is 1. The normalized spacial score (nSPS) is 10.9. The summed E-state index contributed by atoms with van der Waals surface area (Å²) in [5.74, 6) is 1.54. The van der Waals surface area contributed by atoms with E-state index in [0.717, 1.165) is 31.9 Å². The Labute approximate surface area is 117 Å². The summed E-state index contributed by atoms with van der Waals surface area (Å²) in [6.45, 7) is 7.37. The van der Waals surface area contributed by atoms with Gasteiger partial charge in [-0.25, -0.2) is 0 Å². The van der Waals surface area contributed by atoms with Crippen LogP contribution in [0.5, 0.6) is 5.75 Å². The molecule has 0 saturated carbocycles. The Morgan fingerprint density at radius 3 is 2.63 bits per heavy atom. The molecule has 0 fully saturated rings. The molecule has 0 aliphatic rings. The lowest BCUT2D eigenvalue weighted by molar-refractivity contribution is -0.656. The maximum atomic E-state index is 8.65. The number of para-hydroxylation sites is 1. The van der Waals surface area contributed by atoms with Gasteiger partial charge in [-0.2, -0.15) is 0 Å². The van der Waals surface area contributed by atoms with Crippen LogP contribution in [0.1, 0.15) is 44.6 Å². The molecule has 0 heterocycles. The summed E-state index contributed by atoms with van der Waals surface area (Å²) in [5, 5.41) is 10.8. The maximum absolute atomic E-state index is 8.65. The van der Waals surface area contributed by atoms with Crippen LogP contribution in [-0.4, -0.2) is 31.4 Å². The number of quaternary nitrogens is 1. The van der Waals surface area contributed by atoms with E-state index in [-0.39, 0.29) is 6.61 Å². The molecule has 1 aromatic rings. The van der Waals surface area contributed by atoms with Crippen LogP contribution in [0.15, 0.2) is 24.3 Å². The van der Waals surface area contributed by atoms with E-state index in [0.29, 0.717) is 5.92 Å². The quantitative estimate of drug-likeness (QED) is 0.636. The zero-order valence-corrected chi connectivity index (χ0v) is 12.3. The van der Waals surface area contributed by atoms with Crippen LogP contribution in [0, 0.1) is 0 Å². The summed E-state index contributed by atoms with van der Waals surface area (Å²) in [6.07, 6.45) is 3.47. The van der Waals surface area contributed by atoms with Crippen molar-refractivity contribution < 1.29 is 15.2 Å². The lowest BCUT2D eigenvalue weighted by Gasteiger charge is -2.13. The highest BCUT2D eigenvalue weighted by atomic mass is 16.5. The largest absolute Gasteiger partial charge is 0.493 e. The molecule has 0 radical (unpaired) electrons. The zero-order valence-electron chi connectivity index (χ0n) is 12.3. The van der Waals surface area contributed by atoms with Crippen molar-refractivity contribution in [1.29, 1.82) is 0 Å². The molecular weight excluding hydrogens is 238 g/mol. The maximum Gasteiger partial charge on any atom is 0.122 e. The van der Waals surface area contributed by atoms with Gasteiger partial charge in [-0.15, -0.1) is 0 Å². The summed E-state index contributed by atoms with van der Waals surface area (Å²) in [4.78, 5) is 0. The third-order valence-electron chi connectivity index (χ3n) is 3.18. The average Bonchev–Trinajstić information content (AvgIpc) is 2.42. The Kier molecular flexibility index (Phi) is 8.26. The van der Waals surface area contributed by atoms with Crippen LogP contribution < -0.4 is 10.1 Å². The van der Waals surface area contributed by atoms with E-state index in [2.05, 4.69) is 37.4 Å². The van der Waals surface area contributed by atoms with Gasteiger partial charge in [0.05, 0.1) is 26.3 Å². The molecule has 0 bridgehead atoms. The number of unbranched alkanes of at least 4 members (excludes halogenated alkanes) is 2. The zero-order chi connectivity index (χ0) is 13.9. The number of hydrogen-bond acceptors (Lipinski definition) is 2. The van der Waals surface area contributed by atoms with E-state index >= 15 is 0 Å². The summed E-state index contributed by atoms with van der Waals surface area (Å²) >= 11 is 0. The topological polar surface area (TPSA) is 46.1 Å². The van der Waals surface area contributed by atoms with Gasteiger partial charge in [0.2, 0.25) is 0 Å². The van der Waals surface area contributed by atoms with Crippen molar-refractivity contribution in [2.75, 3.05) is 26.3 Å². The van der Waals surface area contributed by atoms with E-state index in [9.17, 15) is 0 Å². The van der Waals surface area contributed by atoms with Crippen LogP contribution in [0.3, 0.4) is 0 Å². The van der Waals surface area contributed by atoms with E-state index in [1.54, 1.807) is 0 Å². The summed E-state index contributed by atoms with van der Waals surface area (Å²) in [6, 6.07) is 8.30. The summed E-state index contributed by atoms with van der Waals surface area (Å²) in [5.41, 5.74) is 1.29. The number of rotatable bonds is 10. The highest BCUT2D eigenvalue weighted by Gasteiger charge is 2.06. The van der Waals surface area contributed by atoms with E-state index in [4.69, 9.17) is 9.84 Å². The lowest BCUT2D eigenvalue weighted by Crippen LogP contribution is -2.85. The molecule has 0 unspecified atom stereocenters. The van der Waals surface area contributed by atoms with E-state index < -0.39 is 0 Å². The van der Waals surface area contributed by atoms with Crippen LogP contribution in [-0.2, 0) is 0 Å². The fourth-order valence-electron chi connectivity index (χ4n) is 2.07. The second-order valence-electron chi connectivity index (χ2n) is 5.19. The van der Waals surface area contributed by atoms with Crippen LogP contribution in [0.2, 0.25) is 0 Å². The first-order valence-corrected chi connectivity index (χ1v) is 7.40. The van der Waals surface area contributed by atoms with Crippen molar-refractivity contribution in [3.63, 3.8) is 0 Å². The molecule has 3 heteroatoms. The highest BCUT2D eigenvalue weighted by molar-refractivity contribution is 5.35. The monoisotopic (exact) mass is 266 g/mol. The van der Waals surface area contributed by atoms with E-state index in [1.165, 1.54) is 18.4 Å². The number of aliphatic hydroxyl groups excluding tert-OH is 1. The Bertz CT molecular complexity index is 339. The van der Waals surface area contributed by atoms with Gasteiger partial charge < -0.3 is 15.2 Å². The van der Waals surface area contributed by atoms with Gasteiger partial charge in [0.1, 0.15) is 5.75 Å². The number of benzene rings is 1. The number of hydrogen-bond donors (Lipinski definition) is 2. The van der Waals surface area contributed by atoms with Crippen molar-refractivity contribution >= 4 is 0 Å². The molecule has 0 atom stereocenters. The van der Waals surface area contributed by atoms with Crippen LogP contribution in [0.25, 0.3) is 0 Å². The number of ether oxygens (including phenoxy) is 1. The standard InChI is InChI=1S/C16H27NO2/c1-14(2)15-8-4-5-9-16(15)19-13-7-3-6-10-17-11-12-18/h4-5,8-9,14,17-18H,3,6-7,10-13H2,1-2H3/p+1. The third-order valence-corrected chi connectivity index (χ3v) is 3.18. The van der Waals surface area contributed by atoms with Crippen molar-refractivity contribution in [3.8, 4) is 5.75 Å². The van der Waals surface area contributed by atoms with Crippen molar-refractivity contribution in [3.05, 3.63) is 29.8 Å². The van der Waals surface area contributed by atoms with Crippen molar-refractivity contribution in [2.45, 2.75) is 39.0 Å². The SMILES string of the molecule is CC(C)c1ccccc1OCCCCC[NH2+]CCO. The lowest BCUT2D eigenvalue weighted by atomic mass is 10.0. The molecule has 3 nitrogen and oxygen atoms in total.